The van der Waals surface area contributed by atoms with E-state index in [-0.39, 0.29) is 10.6 Å². The summed E-state index contributed by atoms with van der Waals surface area (Å²) in [5, 5.41) is 20.3. The third kappa shape index (κ3) is 4.06. The number of non-ortho nitro benzene ring substituents is 1. The Hall–Kier alpha value is -5.57. The molecule has 41 heavy (non-hydrogen) atoms. The second-order valence-electron chi connectivity index (χ2n) is 10.0. The monoisotopic (exact) mass is 539 g/mol. The summed E-state index contributed by atoms with van der Waals surface area (Å²) in [6, 6.07) is 32.1. The Labute approximate surface area is 236 Å². The van der Waals surface area contributed by atoms with Crippen LogP contribution in [0.15, 0.2) is 113 Å². The molecule has 4 aromatic carbocycles. The molecule has 3 heterocycles. The van der Waals surface area contributed by atoms with E-state index in [1.54, 1.807) is 12.1 Å². The average Bonchev–Trinajstić information content (AvgIpc) is 3.33. The molecule has 0 fully saturated rings. The molecule has 0 amide bonds. The van der Waals surface area contributed by atoms with Gasteiger partial charge in [0.25, 0.3) is 5.69 Å². The van der Waals surface area contributed by atoms with Crippen LogP contribution in [0.2, 0.25) is 0 Å². The zero-order chi connectivity index (χ0) is 28.1. The first kappa shape index (κ1) is 24.5. The number of rotatable bonds is 4. The molecule has 1 N–H and O–H groups in total. The van der Waals surface area contributed by atoms with Gasteiger partial charge in [-0.15, -0.1) is 0 Å². The van der Waals surface area contributed by atoms with Gasteiger partial charge in [0.1, 0.15) is 0 Å². The van der Waals surface area contributed by atoms with Crippen molar-refractivity contribution in [1.29, 1.82) is 0 Å². The van der Waals surface area contributed by atoms with Gasteiger partial charge in [-0.2, -0.15) is 5.10 Å². The molecule has 5 aromatic rings. The first-order valence-electron chi connectivity index (χ1n) is 13.3. The minimum atomic E-state index is -0.444. The van der Waals surface area contributed by atoms with Gasteiger partial charge >= 0.3 is 0 Å². The molecule has 2 aliphatic heterocycles. The smallest absolute Gasteiger partial charge is 0.269 e. The van der Waals surface area contributed by atoms with Gasteiger partial charge in [0.05, 0.1) is 39.4 Å². The summed E-state index contributed by atoms with van der Waals surface area (Å²) in [5.74, 6) is 1.85. The summed E-state index contributed by atoms with van der Waals surface area (Å²) >= 11 is 0. The third-order valence-corrected chi connectivity index (χ3v) is 7.43. The summed E-state index contributed by atoms with van der Waals surface area (Å²) in [6.07, 6.45) is 0. The van der Waals surface area contributed by atoms with Crippen molar-refractivity contribution >= 4 is 40.2 Å². The van der Waals surface area contributed by atoms with Crippen molar-refractivity contribution in [2.75, 3.05) is 10.2 Å². The molecule has 0 bridgehead atoms. The first-order chi connectivity index (χ1) is 20.0. The molecule has 0 aliphatic carbocycles. The van der Waals surface area contributed by atoms with Crippen LogP contribution in [-0.4, -0.2) is 26.4 Å². The molecule has 1 aromatic heterocycles. The number of anilines is 2. The number of hydrogen-bond donors (Lipinski definition) is 1. The van der Waals surface area contributed by atoms with Crippen molar-refractivity contribution in [3.05, 3.63) is 136 Å². The molecule has 9 heteroatoms. The number of nitro groups is 1. The second-order valence-corrected chi connectivity index (χ2v) is 10.0. The SMILES string of the molecule is Cc1ccccc1N=C1Nc2ccccc2N2C1=Nc1c(c(C)nn1-c1ccccc1)C2c1cccc([N+](=O)[O-])c1. The van der Waals surface area contributed by atoms with E-state index in [0.717, 1.165) is 45.1 Å². The standard InChI is InChI=1S/C32H25N7O2/c1-20-11-6-7-16-25(20)33-30-32-35-31-28(21(2)36-38(31)23-13-4-3-5-14-23)29(22-12-10-15-24(19-22)39(40)41)37(32)27-18-9-8-17-26(27)34-30/h3-19,29H,1-2H3,(H,33,34). The Morgan fingerprint density at radius 2 is 1.66 bits per heavy atom. The third-order valence-electron chi connectivity index (χ3n) is 7.43. The van der Waals surface area contributed by atoms with Crippen LogP contribution in [0.1, 0.15) is 28.4 Å². The van der Waals surface area contributed by atoms with Crippen LogP contribution >= 0.6 is 0 Å². The van der Waals surface area contributed by atoms with Crippen molar-refractivity contribution in [2.24, 2.45) is 9.98 Å². The molecule has 0 radical (unpaired) electrons. The fourth-order valence-electron chi connectivity index (χ4n) is 5.51. The van der Waals surface area contributed by atoms with Gasteiger partial charge in [0.2, 0.25) is 0 Å². The molecular weight excluding hydrogens is 514 g/mol. The molecule has 1 unspecified atom stereocenters. The zero-order valence-corrected chi connectivity index (χ0v) is 22.4. The molecule has 0 saturated heterocycles. The van der Waals surface area contributed by atoms with Crippen molar-refractivity contribution in [3.63, 3.8) is 0 Å². The molecule has 1 atom stereocenters. The average molecular weight is 540 g/mol. The lowest BCUT2D eigenvalue weighted by molar-refractivity contribution is -0.384. The van der Waals surface area contributed by atoms with Crippen LogP contribution in [0.3, 0.4) is 0 Å². The van der Waals surface area contributed by atoms with Crippen molar-refractivity contribution < 1.29 is 4.92 Å². The van der Waals surface area contributed by atoms with E-state index in [4.69, 9.17) is 15.1 Å². The zero-order valence-electron chi connectivity index (χ0n) is 22.4. The van der Waals surface area contributed by atoms with E-state index < -0.39 is 6.04 Å². The van der Waals surface area contributed by atoms with E-state index in [0.29, 0.717) is 17.5 Å². The highest BCUT2D eigenvalue weighted by atomic mass is 16.6. The summed E-state index contributed by atoms with van der Waals surface area (Å²) in [4.78, 5) is 23.9. The lowest BCUT2D eigenvalue weighted by Gasteiger charge is -2.41. The van der Waals surface area contributed by atoms with Crippen LogP contribution in [0.25, 0.3) is 5.69 Å². The van der Waals surface area contributed by atoms with Crippen molar-refractivity contribution in [3.8, 4) is 5.69 Å². The maximum atomic E-state index is 11.8. The number of aromatic nitrogens is 2. The minimum Gasteiger partial charge on any atom is -0.335 e. The Bertz CT molecular complexity index is 1890. The number of benzene rings is 4. The summed E-state index contributed by atoms with van der Waals surface area (Å²) in [5.41, 5.74) is 6.94. The van der Waals surface area contributed by atoms with Crippen LogP contribution in [0.4, 0.5) is 28.6 Å². The van der Waals surface area contributed by atoms with Gasteiger partial charge in [-0.1, -0.05) is 60.7 Å². The number of amidine groups is 2. The topological polar surface area (TPSA) is 101 Å². The fraction of sp³-hybridized carbons (Fsp3) is 0.0938. The van der Waals surface area contributed by atoms with Crippen molar-refractivity contribution in [1.82, 2.24) is 9.78 Å². The highest BCUT2D eigenvalue weighted by Gasteiger charge is 2.42. The van der Waals surface area contributed by atoms with Gasteiger partial charge in [-0.3, -0.25) is 10.1 Å². The van der Waals surface area contributed by atoms with Gasteiger partial charge in [-0.25, -0.2) is 14.7 Å². The maximum Gasteiger partial charge on any atom is 0.269 e. The van der Waals surface area contributed by atoms with E-state index >= 15 is 0 Å². The highest BCUT2D eigenvalue weighted by Crippen LogP contribution is 2.48. The van der Waals surface area contributed by atoms with E-state index in [1.165, 1.54) is 6.07 Å². The van der Waals surface area contributed by atoms with E-state index in [1.807, 2.05) is 103 Å². The first-order valence-corrected chi connectivity index (χ1v) is 13.3. The number of aliphatic imine (C=N–C) groups is 2. The largest absolute Gasteiger partial charge is 0.335 e. The van der Waals surface area contributed by atoms with Crippen LogP contribution < -0.4 is 10.2 Å². The number of nitrogens with zero attached hydrogens (tertiary/aromatic N) is 6. The second kappa shape index (κ2) is 9.56. The molecule has 0 spiro atoms. The van der Waals surface area contributed by atoms with Gasteiger partial charge in [-0.05, 0) is 55.3 Å². The summed E-state index contributed by atoms with van der Waals surface area (Å²) in [6.45, 7) is 3.98. The van der Waals surface area contributed by atoms with Crippen LogP contribution in [-0.2, 0) is 0 Å². The van der Waals surface area contributed by atoms with Crippen LogP contribution in [0, 0.1) is 24.0 Å². The minimum absolute atomic E-state index is 0.0263. The molecular formula is C32H25N7O2. The number of hydrogen-bond acceptors (Lipinski definition) is 6. The number of fused-ring (bicyclic) bond motifs is 4. The summed E-state index contributed by atoms with van der Waals surface area (Å²) in [7, 11) is 0. The lowest BCUT2D eigenvalue weighted by atomic mass is 9.93. The molecule has 2 aliphatic rings. The van der Waals surface area contributed by atoms with Gasteiger partial charge < -0.3 is 10.2 Å². The Morgan fingerprint density at radius 1 is 0.902 bits per heavy atom. The number of aryl methyl sites for hydroxylation is 2. The highest BCUT2D eigenvalue weighted by molar-refractivity contribution is 6.52. The predicted molar refractivity (Wildman–Crippen MR) is 161 cm³/mol. The van der Waals surface area contributed by atoms with Gasteiger partial charge in [0, 0.05) is 17.7 Å². The number of nitrogens with one attached hydrogen (secondary N) is 1. The molecule has 7 rings (SSSR count). The van der Waals surface area contributed by atoms with Gasteiger partial charge in [0.15, 0.2) is 17.5 Å². The number of para-hydroxylation sites is 4. The molecule has 200 valence electrons. The Kier molecular flexibility index (Phi) is 5.71. The Morgan fingerprint density at radius 3 is 2.46 bits per heavy atom. The lowest BCUT2D eigenvalue weighted by Crippen LogP contribution is -2.48. The molecule has 9 nitrogen and oxygen atoms in total. The predicted octanol–water partition coefficient (Wildman–Crippen LogP) is 7.19. The van der Waals surface area contributed by atoms with E-state index in [2.05, 4.69) is 10.2 Å². The maximum absolute atomic E-state index is 11.8. The summed E-state index contributed by atoms with van der Waals surface area (Å²) < 4.78 is 1.84. The van der Waals surface area contributed by atoms with E-state index in [9.17, 15) is 10.1 Å². The fourth-order valence-corrected chi connectivity index (χ4v) is 5.51. The van der Waals surface area contributed by atoms with Crippen molar-refractivity contribution in [2.45, 2.75) is 19.9 Å². The normalized spacial score (nSPS) is 16.3. The molecule has 0 saturated carbocycles. The Balaban J connectivity index is 1.55. The quantitative estimate of drug-likeness (QED) is 0.192. The number of nitro benzene ring substituents is 1. The van der Waals surface area contributed by atoms with Crippen LogP contribution in [0.5, 0.6) is 0 Å².